The summed E-state index contributed by atoms with van der Waals surface area (Å²) < 4.78 is 41.7. The first-order valence-corrected chi connectivity index (χ1v) is 6.42. The fraction of sp³-hybridized carbons (Fsp3) is 0.286. The molecule has 1 aliphatic heterocycles. The lowest BCUT2D eigenvalue weighted by molar-refractivity contribution is -0.129. The van der Waals surface area contributed by atoms with Crippen LogP contribution in [0.25, 0.3) is 0 Å². The van der Waals surface area contributed by atoms with Crippen molar-refractivity contribution in [2.24, 2.45) is 0 Å². The summed E-state index contributed by atoms with van der Waals surface area (Å²) in [6.07, 6.45) is 4.95. The topological polar surface area (TPSA) is 38.1 Å². The molecule has 0 aliphatic carbocycles. The van der Waals surface area contributed by atoms with Gasteiger partial charge in [0, 0.05) is 37.3 Å². The summed E-state index contributed by atoms with van der Waals surface area (Å²) in [6, 6.07) is 1.36. The molecular weight excluding hydrogens is 283 g/mol. The average Bonchev–Trinajstić information content (AvgIpc) is 3.05. The number of nitrogens with zero attached hydrogens (tertiary/aromatic N) is 3. The third-order valence-corrected chi connectivity index (χ3v) is 3.59. The van der Waals surface area contributed by atoms with Gasteiger partial charge >= 0.3 is 0 Å². The number of aromatic nitrogens is 2. The number of benzene rings is 1. The predicted octanol–water partition coefficient (Wildman–Crippen LogP) is 2.27. The molecule has 4 nitrogen and oxygen atoms in total. The van der Waals surface area contributed by atoms with E-state index in [4.69, 9.17) is 0 Å². The summed E-state index contributed by atoms with van der Waals surface area (Å²) in [6.45, 7) is 0.569. The Morgan fingerprint density at radius 3 is 2.67 bits per heavy atom. The monoisotopic (exact) mass is 295 g/mol. The van der Waals surface area contributed by atoms with Gasteiger partial charge in [0.2, 0.25) is 5.91 Å². The summed E-state index contributed by atoms with van der Waals surface area (Å²) >= 11 is 0. The molecule has 1 aromatic carbocycles. The van der Waals surface area contributed by atoms with Gasteiger partial charge in [-0.2, -0.15) is 0 Å². The highest BCUT2D eigenvalue weighted by Crippen LogP contribution is 2.31. The minimum atomic E-state index is -1.23. The van der Waals surface area contributed by atoms with Crippen LogP contribution in [0.1, 0.15) is 17.9 Å². The molecule has 0 spiro atoms. The molecule has 0 saturated carbocycles. The minimum absolute atomic E-state index is 0.0374. The van der Waals surface area contributed by atoms with Crippen molar-refractivity contribution in [3.8, 4) is 0 Å². The number of hydrogen-bond acceptors (Lipinski definition) is 2. The predicted molar refractivity (Wildman–Crippen MR) is 67.6 cm³/mol. The van der Waals surface area contributed by atoms with Gasteiger partial charge in [-0.3, -0.25) is 4.79 Å². The van der Waals surface area contributed by atoms with Crippen LogP contribution in [0, 0.1) is 17.5 Å². The van der Waals surface area contributed by atoms with E-state index < -0.39 is 23.4 Å². The van der Waals surface area contributed by atoms with Crippen molar-refractivity contribution >= 4 is 5.91 Å². The fourth-order valence-corrected chi connectivity index (χ4v) is 2.54. The first-order valence-electron chi connectivity index (χ1n) is 6.42. The molecule has 1 atom stereocenters. The molecule has 110 valence electrons. The maximum absolute atomic E-state index is 13.8. The number of halogens is 3. The Morgan fingerprint density at radius 2 is 1.95 bits per heavy atom. The van der Waals surface area contributed by atoms with Crippen molar-refractivity contribution in [3.63, 3.8) is 0 Å². The number of amides is 1. The van der Waals surface area contributed by atoms with Crippen molar-refractivity contribution in [1.82, 2.24) is 14.5 Å². The van der Waals surface area contributed by atoms with Crippen LogP contribution in [0.5, 0.6) is 0 Å². The first-order chi connectivity index (χ1) is 10.0. The third-order valence-electron chi connectivity index (χ3n) is 3.59. The normalized spacial score (nSPS) is 18.5. The Labute approximate surface area is 118 Å². The van der Waals surface area contributed by atoms with Crippen molar-refractivity contribution in [2.45, 2.75) is 19.0 Å². The molecule has 21 heavy (non-hydrogen) atoms. The molecule has 1 unspecified atom stereocenters. The van der Waals surface area contributed by atoms with Gasteiger partial charge in [0.05, 0.1) is 13.0 Å². The lowest BCUT2D eigenvalue weighted by Crippen LogP contribution is -2.27. The van der Waals surface area contributed by atoms with Gasteiger partial charge in [0.15, 0.2) is 11.6 Å². The summed E-state index contributed by atoms with van der Waals surface area (Å²) in [4.78, 5) is 17.4. The molecule has 0 N–H and O–H groups in total. The maximum atomic E-state index is 13.8. The van der Waals surface area contributed by atoms with Gasteiger partial charge in [-0.25, -0.2) is 18.2 Å². The Kier molecular flexibility index (Phi) is 3.40. The molecule has 3 rings (SSSR count). The van der Waals surface area contributed by atoms with Crippen molar-refractivity contribution in [3.05, 3.63) is 53.9 Å². The van der Waals surface area contributed by atoms with Crippen LogP contribution >= 0.6 is 0 Å². The smallest absolute Gasteiger partial charge is 0.224 e. The molecule has 1 aliphatic rings. The van der Waals surface area contributed by atoms with Gasteiger partial charge in [0.1, 0.15) is 5.82 Å². The van der Waals surface area contributed by atoms with Crippen LogP contribution in [0.15, 0.2) is 30.9 Å². The van der Waals surface area contributed by atoms with Crippen LogP contribution in [0.2, 0.25) is 0 Å². The highest BCUT2D eigenvalue weighted by Gasteiger charge is 2.32. The van der Waals surface area contributed by atoms with Gasteiger partial charge in [-0.15, -0.1) is 0 Å². The van der Waals surface area contributed by atoms with Crippen LogP contribution in [-0.2, 0) is 11.5 Å². The molecule has 7 heteroatoms. The van der Waals surface area contributed by atoms with E-state index in [0.717, 1.165) is 6.07 Å². The van der Waals surface area contributed by atoms with E-state index in [1.54, 1.807) is 23.3 Å². The summed E-state index contributed by atoms with van der Waals surface area (Å²) in [5.41, 5.74) is 0.0374. The van der Waals surface area contributed by atoms with E-state index in [9.17, 15) is 18.0 Å². The Hall–Kier alpha value is -2.31. The van der Waals surface area contributed by atoms with Gasteiger partial charge in [-0.05, 0) is 11.6 Å². The molecule has 1 aromatic heterocycles. The van der Waals surface area contributed by atoms with E-state index in [2.05, 4.69) is 4.98 Å². The second-order valence-electron chi connectivity index (χ2n) is 5.02. The Bertz CT molecular complexity index is 672. The van der Waals surface area contributed by atoms with Gasteiger partial charge < -0.3 is 9.47 Å². The highest BCUT2D eigenvalue weighted by atomic mass is 19.2. The molecule has 0 radical (unpaired) electrons. The SMILES string of the molecule is O=C1CC(c2cc(F)c(F)cc2F)CN1Cn1ccnc1. The Balaban J connectivity index is 1.79. The number of likely N-dealkylation sites (tertiary alicyclic amines) is 1. The summed E-state index contributed by atoms with van der Waals surface area (Å²) in [7, 11) is 0. The zero-order chi connectivity index (χ0) is 15.0. The standard InChI is InChI=1S/C14H12F3N3O/c15-11-5-13(17)12(16)4-10(11)9-3-14(21)20(6-9)8-19-2-1-18-7-19/h1-2,4-5,7,9H,3,6,8H2. The number of rotatable bonds is 3. The van der Waals surface area contributed by atoms with E-state index in [0.29, 0.717) is 12.7 Å². The summed E-state index contributed by atoms with van der Waals surface area (Å²) in [5.74, 6) is -3.78. The summed E-state index contributed by atoms with van der Waals surface area (Å²) in [5, 5.41) is 0. The highest BCUT2D eigenvalue weighted by molar-refractivity contribution is 5.79. The molecule has 0 bridgehead atoms. The van der Waals surface area contributed by atoms with Crippen LogP contribution in [0.3, 0.4) is 0 Å². The molecule has 1 amide bonds. The molecule has 2 aromatic rings. The zero-order valence-corrected chi connectivity index (χ0v) is 11.0. The van der Waals surface area contributed by atoms with Crippen LogP contribution < -0.4 is 0 Å². The number of hydrogen-bond donors (Lipinski definition) is 0. The van der Waals surface area contributed by atoms with Crippen molar-refractivity contribution in [1.29, 1.82) is 0 Å². The molecule has 1 fully saturated rings. The number of imidazole rings is 1. The van der Waals surface area contributed by atoms with Crippen molar-refractivity contribution < 1.29 is 18.0 Å². The lowest BCUT2D eigenvalue weighted by Gasteiger charge is -2.17. The zero-order valence-electron chi connectivity index (χ0n) is 11.0. The molecule has 2 heterocycles. The first kappa shape index (κ1) is 13.7. The number of carbonyl (C=O) groups excluding carboxylic acids is 1. The van der Waals surface area contributed by atoms with Gasteiger partial charge in [0.25, 0.3) is 0 Å². The lowest BCUT2D eigenvalue weighted by atomic mass is 9.97. The maximum Gasteiger partial charge on any atom is 0.224 e. The largest absolute Gasteiger partial charge is 0.324 e. The quantitative estimate of drug-likeness (QED) is 0.815. The average molecular weight is 295 g/mol. The third kappa shape index (κ3) is 2.63. The van der Waals surface area contributed by atoms with Gasteiger partial charge in [-0.1, -0.05) is 0 Å². The molecular formula is C14H12F3N3O. The van der Waals surface area contributed by atoms with Crippen LogP contribution in [0.4, 0.5) is 13.2 Å². The minimum Gasteiger partial charge on any atom is -0.324 e. The Morgan fingerprint density at radius 1 is 1.19 bits per heavy atom. The number of carbonyl (C=O) groups is 1. The van der Waals surface area contributed by atoms with E-state index in [1.165, 1.54) is 4.90 Å². The second kappa shape index (κ2) is 5.23. The van der Waals surface area contributed by atoms with E-state index in [1.807, 2.05) is 0 Å². The van der Waals surface area contributed by atoms with Crippen LogP contribution in [-0.4, -0.2) is 26.9 Å². The van der Waals surface area contributed by atoms with E-state index >= 15 is 0 Å². The van der Waals surface area contributed by atoms with Crippen molar-refractivity contribution in [2.75, 3.05) is 6.54 Å². The fourth-order valence-electron chi connectivity index (χ4n) is 2.54. The van der Waals surface area contributed by atoms with E-state index in [-0.39, 0.29) is 24.4 Å². The molecule has 1 saturated heterocycles. The second-order valence-corrected chi connectivity index (χ2v) is 5.02.